The lowest BCUT2D eigenvalue weighted by Gasteiger charge is -2.36. The number of rotatable bonds is 11. The van der Waals surface area contributed by atoms with Gasteiger partial charge in [0.2, 0.25) is 0 Å². The van der Waals surface area contributed by atoms with Crippen LogP contribution in [0.1, 0.15) is 40.0 Å². The lowest BCUT2D eigenvalue weighted by atomic mass is 9.94. The van der Waals surface area contributed by atoms with Gasteiger partial charge in [0.15, 0.2) is 0 Å². The molecule has 0 bridgehead atoms. The number of hydrogen-bond acceptors (Lipinski definition) is 4. The van der Waals surface area contributed by atoms with Gasteiger partial charge in [-0.2, -0.15) is 0 Å². The van der Waals surface area contributed by atoms with Gasteiger partial charge >= 0.3 is 0 Å². The maximum absolute atomic E-state index is 10.5. The fourth-order valence-electron chi connectivity index (χ4n) is 2.16. The van der Waals surface area contributed by atoms with Gasteiger partial charge in [0.1, 0.15) is 11.9 Å². The highest BCUT2D eigenvalue weighted by Gasteiger charge is 2.30. The fraction of sp³-hybridized carbons (Fsp3) is 0.471. The van der Waals surface area contributed by atoms with Gasteiger partial charge in [-0.05, 0) is 32.8 Å². The van der Waals surface area contributed by atoms with Crippen molar-refractivity contribution >= 4 is 6.29 Å². The van der Waals surface area contributed by atoms with E-state index < -0.39 is 5.66 Å². The van der Waals surface area contributed by atoms with Crippen LogP contribution in [0.2, 0.25) is 0 Å². The van der Waals surface area contributed by atoms with E-state index in [0.717, 1.165) is 43.9 Å². The highest BCUT2D eigenvalue weighted by Crippen LogP contribution is 2.21. The molecule has 0 saturated heterocycles. The molecule has 0 aliphatic heterocycles. The van der Waals surface area contributed by atoms with Gasteiger partial charge in [-0.1, -0.05) is 37.6 Å². The van der Waals surface area contributed by atoms with Gasteiger partial charge in [0, 0.05) is 18.3 Å². The van der Waals surface area contributed by atoms with Crippen molar-refractivity contribution in [2.75, 3.05) is 6.54 Å². The average Bonchev–Trinajstić information content (AvgIpc) is 2.49. The average molecular weight is 292 g/mol. The topological polar surface area (TPSA) is 61.4 Å². The third kappa shape index (κ3) is 6.95. The molecule has 21 heavy (non-hydrogen) atoms. The lowest BCUT2D eigenvalue weighted by molar-refractivity contribution is -0.104. The van der Waals surface area contributed by atoms with Crippen LogP contribution in [-0.4, -0.2) is 23.6 Å². The molecule has 0 fully saturated rings. The molecule has 1 unspecified atom stereocenters. The number of carbonyl (C=O) groups is 1. The van der Waals surface area contributed by atoms with Crippen LogP contribution in [0.4, 0.5) is 0 Å². The van der Waals surface area contributed by atoms with Gasteiger partial charge in [0.05, 0.1) is 6.26 Å². The summed E-state index contributed by atoms with van der Waals surface area (Å²) in [6, 6.07) is 0. The van der Waals surface area contributed by atoms with E-state index >= 15 is 0 Å². The predicted octanol–water partition coefficient (Wildman–Crippen LogP) is 3.36. The van der Waals surface area contributed by atoms with E-state index in [1.54, 1.807) is 6.20 Å². The second-order valence-electron chi connectivity index (χ2n) is 4.66. The van der Waals surface area contributed by atoms with Crippen LogP contribution in [0.15, 0.2) is 48.4 Å². The number of aliphatic hydroxyl groups excluding tert-OH is 1. The van der Waals surface area contributed by atoms with Crippen LogP contribution in [0.5, 0.6) is 0 Å². The summed E-state index contributed by atoms with van der Waals surface area (Å²) in [6.45, 7) is 6.74. The number of hydrogen-bond donors (Lipinski definition) is 3. The molecule has 0 heterocycles. The fourth-order valence-corrected chi connectivity index (χ4v) is 2.16. The van der Waals surface area contributed by atoms with Gasteiger partial charge in [-0.25, -0.2) is 0 Å². The highest BCUT2D eigenvalue weighted by molar-refractivity contribution is 5.64. The number of aliphatic hydroxyl groups is 1. The van der Waals surface area contributed by atoms with Gasteiger partial charge in [0.25, 0.3) is 0 Å². The summed E-state index contributed by atoms with van der Waals surface area (Å²) < 4.78 is 0. The molecule has 0 aromatic heterocycles. The molecule has 0 spiro atoms. The summed E-state index contributed by atoms with van der Waals surface area (Å²) in [5.41, 5.74) is 0.153. The Balaban J connectivity index is 5.28. The molecule has 0 aromatic carbocycles. The molecule has 118 valence electrons. The zero-order valence-corrected chi connectivity index (χ0v) is 13.3. The van der Waals surface area contributed by atoms with Gasteiger partial charge < -0.3 is 10.4 Å². The smallest absolute Gasteiger partial charge is 0.144 e. The normalized spacial score (nSPS) is 15.9. The maximum Gasteiger partial charge on any atom is 0.144 e. The Bertz CT molecular complexity index is 398. The zero-order chi connectivity index (χ0) is 16.0. The first-order valence-corrected chi connectivity index (χ1v) is 7.42. The molecule has 0 radical (unpaired) electrons. The SMILES string of the molecule is C/C=C\C(=C/O)C(CCC)(NC=CC=O)NCC/C=C/C. The van der Waals surface area contributed by atoms with E-state index in [0.29, 0.717) is 0 Å². The predicted molar refractivity (Wildman–Crippen MR) is 88.9 cm³/mol. The molecule has 1 atom stereocenters. The first-order valence-electron chi connectivity index (χ1n) is 7.42. The highest BCUT2D eigenvalue weighted by atomic mass is 16.2. The molecular weight excluding hydrogens is 264 g/mol. The summed E-state index contributed by atoms with van der Waals surface area (Å²) in [7, 11) is 0. The van der Waals surface area contributed by atoms with E-state index in [9.17, 15) is 9.90 Å². The molecule has 0 aromatic rings. The van der Waals surface area contributed by atoms with Crippen LogP contribution in [0.3, 0.4) is 0 Å². The second-order valence-corrected chi connectivity index (χ2v) is 4.66. The largest absolute Gasteiger partial charge is 0.515 e. The van der Waals surface area contributed by atoms with E-state index in [2.05, 4.69) is 23.6 Å². The Morgan fingerprint density at radius 1 is 1.29 bits per heavy atom. The maximum atomic E-state index is 10.5. The van der Waals surface area contributed by atoms with Crippen molar-refractivity contribution in [1.29, 1.82) is 0 Å². The first kappa shape index (κ1) is 19.2. The van der Waals surface area contributed by atoms with E-state index in [-0.39, 0.29) is 0 Å². The summed E-state index contributed by atoms with van der Waals surface area (Å²) in [5.74, 6) is 0. The van der Waals surface area contributed by atoms with Crippen molar-refractivity contribution < 1.29 is 9.90 Å². The quantitative estimate of drug-likeness (QED) is 0.104. The summed E-state index contributed by atoms with van der Waals surface area (Å²) in [4.78, 5) is 10.5. The molecule has 0 aliphatic rings. The number of aldehydes is 1. The zero-order valence-electron chi connectivity index (χ0n) is 13.3. The molecule has 0 amide bonds. The van der Waals surface area contributed by atoms with Crippen LogP contribution in [0.25, 0.3) is 0 Å². The van der Waals surface area contributed by atoms with E-state index in [1.807, 2.05) is 32.1 Å². The minimum absolute atomic E-state index is 0.586. The van der Waals surface area contributed by atoms with Crippen molar-refractivity contribution in [1.82, 2.24) is 10.6 Å². The third-order valence-corrected chi connectivity index (χ3v) is 3.08. The van der Waals surface area contributed by atoms with Crippen molar-refractivity contribution in [3.63, 3.8) is 0 Å². The van der Waals surface area contributed by atoms with Crippen LogP contribution in [0, 0.1) is 0 Å². The molecule has 0 saturated carbocycles. The second kappa shape index (κ2) is 12.0. The van der Waals surface area contributed by atoms with Crippen LogP contribution >= 0.6 is 0 Å². The molecule has 3 N–H and O–H groups in total. The molecule has 0 aliphatic carbocycles. The first-order chi connectivity index (χ1) is 10.2. The van der Waals surface area contributed by atoms with Crippen molar-refractivity contribution in [2.45, 2.75) is 45.7 Å². The summed E-state index contributed by atoms with van der Waals surface area (Å²) in [6.07, 6.45) is 15.3. The molecule has 0 rings (SSSR count). The standard InChI is InChI=1S/C17H28N2O2/c1-4-7-8-12-18-17(11-6-3,19-13-9-14-20)16(15-21)10-5-2/h4-5,7,9-10,13-15,18-19,21H,6,8,11-12H2,1-3H3/b7-4+,10-5-,13-9?,16-15+. The number of allylic oxidation sites excluding steroid dienone is 3. The van der Waals surface area contributed by atoms with Crippen molar-refractivity contribution in [3.05, 3.63) is 48.4 Å². The Morgan fingerprint density at radius 3 is 2.57 bits per heavy atom. The Labute approximate surface area is 128 Å². The van der Waals surface area contributed by atoms with Gasteiger partial charge in [-0.3, -0.25) is 10.1 Å². The third-order valence-electron chi connectivity index (χ3n) is 3.08. The Kier molecular flexibility index (Phi) is 10.9. The summed E-state index contributed by atoms with van der Waals surface area (Å²) >= 11 is 0. The van der Waals surface area contributed by atoms with Crippen LogP contribution < -0.4 is 10.6 Å². The minimum Gasteiger partial charge on any atom is -0.515 e. The lowest BCUT2D eigenvalue weighted by Crippen LogP contribution is -2.56. The number of carbonyl (C=O) groups excluding carboxylic acids is 1. The monoisotopic (exact) mass is 292 g/mol. The van der Waals surface area contributed by atoms with Gasteiger partial charge in [-0.15, -0.1) is 0 Å². The van der Waals surface area contributed by atoms with Crippen molar-refractivity contribution in [2.24, 2.45) is 0 Å². The van der Waals surface area contributed by atoms with E-state index in [4.69, 9.17) is 0 Å². The molecule has 4 heteroatoms. The van der Waals surface area contributed by atoms with Crippen molar-refractivity contribution in [3.8, 4) is 0 Å². The minimum atomic E-state index is -0.586. The number of nitrogens with one attached hydrogen (secondary N) is 2. The molecule has 4 nitrogen and oxygen atoms in total. The Morgan fingerprint density at radius 2 is 2.05 bits per heavy atom. The Hall–Kier alpha value is -1.81. The molecular formula is C17H28N2O2. The summed E-state index contributed by atoms with van der Waals surface area (Å²) in [5, 5.41) is 16.3. The van der Waals surface area contributed by atoms with E-state index in [1.165, 1.54) is 6.08 Å². The van der Waals surface area contributed by atoms with Crippen LogP contribution in [-0.2, 0) is 4.79 Å².